The summed E-state index contributed by atoms with van der Waals surface area (Å²) in [5.74, 6) is -2.77. The fourth-order valence-corrected chi connectivity index (χ4v) is 7.01. The molecule has 1 aliphatic heterocycles. The van der Waals surface area contributed by atoms with E-state index in [1.54, 1.807) is 31.3 Å². The number of Topliss-reactive ketones (excluding diaryl/α,β-unsaturated/α-hetero) is 1. The van der Waals surface area contributed by atoms with Gasteiger partial charge in [0.1, 0.15) is 6.33 Å². The van der Waals surface area contributed by atoms with Gasteiger partial charge in [-0.1, -0.05) is 24.9 Å². The molecule has 2 atom stereocenters. The number of carbonyl (C=O) groups excluding carboxylic acids is 2. The molecule has 2 bridgehead atoms. The lowest BCUT2D eigenvalue weighted by molar-refractivity contribution is -0.119. The number of benzene rings is 2. The highest BCUT2D eigenvalue weighted by Crippen LogP contribution is 2.42. The van der Waals surface area contributed by atoms with Gasteiger partial charge in [0.25, 0.3) is 5.56 Å². The van der Waals surface area contributed by atoms with Crippen LogP contribution in [0.2, 0.25) is 5.02 Å². The molecule has 0 fully saturated rings. The van der Waals surface area contributed by atoms with E-state index in [-0.39, 0.29) is 45.0 Å². The van der Waals surface area contributed by atoms with E-state index in [9.17, 15) is 24.3 Å². The van der Waals surface area contributed by atoms with Gasteiger partial charge in [-0.2, -0.15) is 4.68 Å². The molecule has 0 saturated heterocycles. The Morgan fingerprint density at radius 2 is 1.89 bits per heavy atom. The molecule has 46 heavy (non-hydrogen) atoms. The summed E-state index contributed by atoms with van der Waals surface area (Å²) in [6.45, 7) is 3.21. The Hall–Kier alpha value is -5.01. The van der Waals surface area contributed by atoms with Crippen molar-refractivity contribution in [2.45, 2.75) is 39.2 Å². The number of hydrogen-bond donors (Lipinski definition) is 2. The number of pyridine rings is 1. The lowest BCUT2D eigenvalue weighted by atomic mass is 9.95. The number of tetrazole rings is 1. The number of ketones is 1. The minimum atomic E-state index is -1.16. The third-order valence-corrected chi connectivity index (χ3v) is 9.65. The third-order valence-electron chi connectivity index (χ3n) is 8.02. The van der Waals surface area contributed by atoms with E-state index in [1.807, 2.05) is 0 Å². The summed E-state index contributed by atoms with van der Waals surface area (Å²) in [5, 5.41) is 23.6. The molecule has 2 N–H and O–H groups in total. The predicted molar refractivity (Wildman–Crippen MR) is 170 cm³/mol. The average Bonchev–Trinajstić information content (AvgIpc) is 3.72. The van der Waals surface area contributed by atoms with Crippen molar-refractivity contribution >= 4 is 46.3 Å². The number of nitrogens with zero attached hydrogens (tertiary/aromatic N) is 5. The second kappa shape index (κ2) is 12.4. The summed E-state index contributed by atoms with van der Waals surface area (Å²) in [4.78, 5) is 52.8. The lowest BCUT2D eigenvalue weighted by Crippen LogP contribution is -2.25. The highest BCUT2D eigenvalue weighted by atomic mass is 35.5. The first-order valence-electron chi connectivity index (χ1n) is 14.3. The molecular weight excluding hydrogens is 635 g/mol. The Labute approximate surface area is 270 Å². The predicted octanol–water partition coefficient (Wildman–Crippen LogP) is 6.26. The van der Waals surface area contributed by atoms with Crippen molar-refractivity contribution in [3.8, 4) is 27.9 Å². The Kier molecular flexibility index (Phi) is 8.36. The zero-order chi connectivity index (χ0) is 32.7. The fraction of sp³-hybridized carbons (Fsp3) is 0.219. The Balaban J connectivity index is 1.51. The maximum absolute atomic E-state index is 15.4. The van der Waals surface area contributed by atoms with E-state index in [0.717, 1.165) is 0 Å². The highest BCUT2D eigenvalue weighted by molar-refractivity contribution is 7.14. The topological polar surface area (TPSA) is 149 Å². The van der Waals surface area contributed by atoms with Gasteiger partial charge in [-0.3, -0.25) is 14.4 Å². The summed E-state index contributed by atoms with van der Waals surface area (Å²) in [6.07, 6.45) is 4.42. The van der Waals surface area contributed by atoms with Gasteiger partial charge in [0.15, 0.2) is 11.6 Å². The molecule has 6 rings (SSSR count). The van der Waals surface area contributed by atoms with Gasteiger partial charge in [-0.25, -0.2) is 9.18 Å². The quantitative estimate of drug-likeness (QED) is 0.210. The van der Waals surface area contributed by atoms with Crippen LogP contribution in [-0.4, -0.2) is 47.5 Å². The Morgan fingerprint density at radius 1 is 1.09 bits per heavy atom. The van der Waals surface area contributed by atoms with Crippen molar-refractivity contribution in [3.63, 3.8) is 0 Å². The Morgan fingerprint density at radius 3 is 2.59 bits per heavy atom. The van der Waals surface area contributed by atoms with Crippen LogP contribution in [0.1, 0.15) is 64.1 Å². The number of fused-ring (bicyclic) bond motifs is 4. The molecule has 14 heteroatoms. The van der Waals surface area contributed by atoms with Gasteiger partial charge >= 0.3 is 5.97 Å². The number of halogens is 2. The van der Waals surface area contributed by atoms with Crippen LogP contribution >= 0.6 is 22.9 Å². The van der Waals surface area contributed by atoms with Crippen LogP contribution in [0.25, 0.3) is 27.9 Å². The van der Waals surface area contributed by atoms with Crippen LogP contribution in [0.15, 0.2) is 65.8 Å². The van der Waals surface area contributed by atoms with Crippen LogP contribution in [0, 0.1) is 11.7 Å². The molecule has 1 amide bonds. The standard InChI is InChI=1S/C32H26ClFN6O5S/c1-16-4-3-5-24(26-14-21(30(46-26)17(2)41)20-12-19(32(44)45)6-8-23(20)36-31(16)43)39-11-10-18(13-27(39)42)28-25(40-15-35-37-38-40)9-7-22(33)29(28)34/h6-16,24H,3-5H2,1-2H3,(H,36,43)(H,44,45)/t16-,24+/m1/s1. The molecule has 1 aliphatic rings. The third kappa shape index (κ3) is 5.74. The minimum absolute atomic E-state index is 0.00644. The van der Waals surface area contributed by atoms with Crippen molar-refractivity contribution in [1.29, 1.82) is 0 Å². The van der Waals surface area contributed by atoms with Crippen molar-refractivity contribution in [3.05, 3.63) is 97.6 Å². The van der Waals surface area contributed by atoms with Gasteiger partial charge < -0.3 is 15.0 Å². The fourth-order valence-electron chi connectivity index (χ4n) is 5.65. The number of carboxylic acid groups (broad SMARTS) is 1. The molecule has 0 aliphatic carbocycles. The normalized spacial score (nSPS) is 16.6. The van der Waals surface area contributed by atoms with E-state index < -0.39 is 23.4 Å². The summed E-state index contributed by atoms with van der Waals surface area (Å²) in [5.41, 5.74) is 1.39. The number of amides is 1. The second-order valence-electron chi connectivity index (χ2n) is 11.0. The number of thiophene rings is 1. The largest absolute Gasteiger partial charge is 0.478 e. The molecule has 4 heterocycles. The zero-order valence-electron chi connectivity index (χ0n) is 24.5. The number of carboxylic acids is 1. The molecule has 0 radical (unpaired) electrons. The highest BCUT2D eigenvalue weighted by Gasteiger charge is 2.27. The van der Waals surface area contributed by atoms with Gasteiger partial charge in [0, 0.05) is 45.4 Å². The number of aromatic carboxylic acids is 1. The van der Waals surface area contributed by atoms with Crippen molar-refractivity contribution in [2.75, 3.05) is 5.32 Å². The molecule has 2 aromatic carbocycles. The van der Waals surface area contributed by atoms with Crippen molar-refractivity contribution in [1.82, 2.24) is 24.8 Å². The minimum Gasteiger partial charge on any atom is -0.478 e. The lowest BCUT2D eigenvalue weighted by Gasteiger charge is -2.21. The maximum Gasteiger partial charge on any atom is 0.335 e. The summed E-state index contributed by atoms with van der Waals surface area (Å²) in [7, 11) is 0. The summed E-state index contributed by atoms with van der Waals surface area (Å²) in [6, 6.07) is 11.4. The maximum atomic E-state index is 15.4. The number of rotatable bonds is 5. The van der Waals surface area contributed by atoms with E-state index in [2.05, 4.69) is 20.8 Å². The molecule has 11 nitrogen and oxygen atoms in total. The van der Waals surface area contributed by atoms with E-state index in [4.69, 9.17) is 11.6 Å². The number of aromatic nitrogens is 5. The van der Waals surface area contributed by atoms with E-state index in [0.29, 0.717) is 45.8 Å². The van der Waals surface area contributed by atoms with Gasteiger partial charge in [0.2, 0.25) is 5.91 Å². The average molecular weight is 661 g/mol. The van der Waals surface area contributed by atoms with Crippen LogP contribution in [0.3, 0.4) is 0 Å². The molecule has 3 aromatic heterocycles. The smallest absolute Gasteiger partial charge is 0.335 e. The first-order chi connectivity index (χ1) is 22.0. The van der Waals surface area contributed by atoms with Crippen LogP contribution in [0.4, 0.5) is 10.1 Å². The van der Waals surface area contributed by atoms with E-state index in [1.165, 1.54) is 64.2 Å². The summed E-state index contributed by atoms with van der Waals surface area (Å²) < 4.78 is 18.2. The molecule has 0 spiro atoms. The monoisotopic (exact) mass is 660 g/mol. The molecule has 0 unspecified atom stereocenters. The summed E-state index contributed by atoms with van der Waals surface area (Å²) >= 11 is 7.33. The van der Waals surface area contributed by atoms with Crippen LogP contribution in [0.5, 0.6) is 0 Å². The molecule has 5 aromatic rings. The first kappa shape index (κ1) is 31.0. The zero-order valence-corrected chi connectivity index (χ0v) is 26.1. The number of nitrogens with one attached hydrogen (secondary N) is 1. The number of carbonyl (C=O) groups is 3. The number of anilines is 1. The van der Waals surface area contributed by atoms with Gasteiger partial charge in [-0.05, 0) is 78.2 Å². The van der Waals surface area contributed by atoms with Crippen LogP contribution in [-0.2, 0) is 4.79 Å². The first-order valence-corrected chi connectivity index (χ1v) is 15.5. The molecular formula is C32H26ClFN6O5S. The van der Waals surface area contributed by atoms with Crippen molar-refractivity contribution < 1.29 is 23.9 Å². The van der Waals surface area contributed by atoms with Gasteiger partial charge in [-0.15, -0.1) is 16.4 Å². The SMILES string of the molecule is CC(=O)c1sc2cc1-c1cc(C(=O)O)ccc1NC(=O)[C@H](C)CCC[C@@H]2n1ccc(-c2c(-n3cnnn3)ccc(Cl)c2F)cc1=O. The Bertz CT molecular complexity index is 2080. The van der Waals surface area contributed by atoms with Gasteiger partial charge in [0.05, 0.1) is 27.2 Å². The second-order valence-corrected chi connectivity index (χ2v) is 12.5. The van der Waals surface area contributed by atoms with Crippen molar-refractivity contribution in [2.24, 2.45) is 5.92 Å². The van der Waals surface area contributed by atoms with E-state index >= 15 is 4.39 Å². The molecule has 0 saturated carbocycles. The molecule has 234 valence electrons. The van der Waals surface area contributed by atoms with Crippen LogP contribution < -0.4 is 10.9 Å². The number of hydrogen-bond acceptors (Lipinski definition) is 8.